The van der Waals surface area contributed by atoms with E-state index in [0.717, 1.165) is 0 Å². The molecule has 0 aromatic carbocycles. The van der Waals surface area contributed by atoms with Crippen LogP contribution in [-0.4, -0.2) is 28.6 Å². The maximum absolute atomic E-state index is 11.9. The monoisotopic (exact) mass is 270 g/mol. The normalized spacial score (nSPS) is 11.8. The fourth-order valence-corrected chi connectivity index (χ4v) is 2.32. The van der Waals surface area contributed by atoms with Crippen molar-refractivity contribution in [1.29, 1.82) is 0 Å². The van der Waals surface area contributed by atoms with E-state index in [-0.39, 0.29) is 11.6 Å². The van der Waals surface area contributed by atoms with Gasteiger partial charge in [-0.05, 0) is 0 Å². The van der Waals surface area contributed by atoms with E-state index in [0.29, 0.717) is 23.6 Å². The summed E-state index contributed by atoms with van der Waals surface area (Å²) in [5, 5.41) is 6.28. The fourth-order valence-electron chi connectivity index (χ4n) is 1.37. The van der Waals surface area contributed by atoms with Crippen molar-refractivity contribution in [3.63, 3.8) is 0 Å². The number of aromatic amines is 2. The van der Waals surface area contributed by atoms with E-state index < -0.39 is 10.0 Å². The Morgan fingerprint density at radius 3 is 2.78 bits per heavy atom. The van der Waals surface area contributed by atoms with Gasteiger partial charge >= 0.3 is 0 Å². The van der Waals surface area contributed by atoms with Gasteiger partial charge in [-0.1, -0.05) is 6.92 Å². The largest absolute Gasteiger partial charge is 0.384 e. The number of rotatable bonds is 5. The number of aromatic nitrogens is 4. The Morgan fingerprint density at radius 1 is 1.44 bits per heavy atom. The first-order valence-corrected chi connectivity index (χ1v) is 6.82. The lowest BCUT2D eigenvalue weighted by Gasteiger charge is -2.03. The van der Waals surface area contributed by atoms with Crippen molar-refractivity contribution >= 4 is 15.8 Å². The lowest BCUT2D eigenvalue weighted by atomic mass is 10.3. The van der Waals surface area contributed by atoms with Gasteiger partial charge in [0.2, 0.25) is 0 Å². The van der Waals surface area contributed by atoms with Gasteiger partial charge in [-0.15, -0.1) is 0 Å². The van der Waals surface area contributed by atoms with E-state index in [9.17, 15) is 8.42 Å². The van der Waals surface area contributed by atoms with Gasteiger partial charge in [-0.25, -0.2) is 18.1 Å². The fraction of sp³-hybridized carbons (Fsp3) is 0.333. The van der Waals surface area contributed by atoms with Crippen LogP contribution in [0.25, 0.3) is 0 Å². The van der Waals surface area contributed by atoms with Crippen molar-refractivity contribution in [1.82, 2.24) is 24.9 Å². The first kappa shape index (κ1) is 12.6. The van der Waals surface area contributed by atoms with Gasteiger partial charge in [0.05, 0.1) is 12.4 Å². The Labute approximate surface area is 104 Å². The summed E-state index contributed by atoms with van der Waals surface area (Å²) < 4.78 is 26.2. The highest BCUT2D eigenvalue weighted by atomic mass is 32.2. The Bertz CT molecular complexity index is 629. The van der Waals surface area contributed by atoms with E-state index in [1.165, 1.54) is 12.4 Å². The second-order valence-corrected chi connectivity index (χ2v) is 5.42. The molecular weight excluding hydrogens is 256 g/mol. The van der Waals surface area contributed by atoms with Gasteiger partial charge in [-0.2, -0.15) is 5.10 Å². The van der Waals surface area contributed by atoms with Gasteiger partial charge in [0.1, 0.15) is 11.6 Å². The molecule has 0 spiro atoms. The number of nitrogens with two attached hydrogens (primary N) is 1. The summed E-state index contributed by atoms with van der Waals surface area (Å²) in [5.41, 5.74) is 6.15. The highest BCUT2D eigenvalue weighted by Gasteiger charge is 2.17. The predicted octanol–water partition coefficient (Wildman–Crippen LogP) is -0.244. The Hall–Kier alpha value is -1.87. The first-order valence-electron chi connectivity index (χ1n) is 5.34. The lowest BCUT2D eigenvalue weighted by molar-refractivity contribution is 0.578. The van der Waals surface area contributed by atoms with Gasteiger partial charge in [0, 0.05) is 18.5 Å². The number of sulfonamides is 1. The summed E-state index contributed by atoms with van der Waals surface area (Å²) in [6.45, 7) is 1.96. The minimum atomic E-state index is -3.61. The summed E-state index contributed by atoms with van der Waals surface area (Å²) in [7, 11) is -3.61. The maximum atomic E-state index is 11.9. The van der Waals surface area contributed by atoms with Crippen LogP contribution >= 0.6 is 0 Å². The van der Waals surface area contributed by atoms with Crippen LogP contribution < -0.4 is 10.5 Å². The number of H-pyrrole nitrogens is 2. The molecule has 18 heavy (non-hydrogen) atoms. The number of hydrogen-bond acceptors (Lipinski definition) is 5. The second kappa shape index (κ2) is 4.78. The van der Waals surface area contributed by atoms with E-state index in [1.807, 2.05) is 6.92 Å². The Kier molecular flexibility index (Phi) is 3.34. The van der Waals surface area contributed by atoms with Crippen LogP contribution in [0.3, 0.4) is 0 Å². The molecule has 0 aliphatic carbocycles. The summed E-state index contributed by atoms with van der Waals surface area (Å²) >= 11 is 0. The molecule has 0 bridgehead atoms. The number of imidazole rings is 1. The molecule has 2 aromatic heterocycles. The molecule has 9 heteroatoms. The SMILES string of the molecule is CCc1ncc(S(=O)(=O)NCc2cn[nH]c2N)[nH]1. The first-order chi connectivity index (χ1) is 8.53. The van der Waals surface area contributed by atoms with Gasteiger partial charge < -0.3 is 10.7 Å². The van der Waals surface area contributed by atoms with Crippen LogP contribution in [-0.2, 0) is 23.0 Å². The molecule has 0 amide bonds. The van der Waals surface area contributed by atoms with E-state index in [2.05, 4.69) is 24.9 Å². The third-order valence-corrected chi connectivity index (χ3v) is 3.74. The highest BCUT2D eigenvalue weighted by molar-refractivity contribution is 7.89. The quantitative estimate of drug-likeness (QED) is 0.595. The topological polar surface area (TPSA) is 130 Å². The highest BCUT2D eigenvalue weighted by Crippen LogP contribution is 2.09. The van der Waals surface area contributed by atoms with Crippen LogP contribution in [0.1, 0.15) is 18.3 Å². The van der Waals surface area contributed by atoms with E-state index in [4.69, 9.17) is 5.73 Å². The van der Waals surface area contributed by atoms with Crippen LogP contribution in [0.4, 0.5) is 5.82 Å². The summed E-state index contributed by atoms with van der Waals surface area (Å²) in [4.78, 5) is 6.68. The van der Waals surface area contributed by atoms with Crippen molar-refractivity contribution in [2.45, 2.75) is 24.9 Å². The standard InChI is InChI=1S/C9H14N6O2S/c1-2-7-11-5-8(14-7)18(16,17)13-4-6-3-12-15-9(6)10/h3,5,13H,2,4H2,1H3,(H,11,14)(H3,10,12,15). The van der Waals surface area contributed by atoms with Crippen molar-refractivity contribution < 1.29 is 8.42 Å². The Balaban J connectivity index is 2.10. The third-order valence-electron chi connectivity index (χ3n) is 2.43. The molecule has 0 aliphatic heterocycles. The molecule has 0 saturated carbocycles. The average Bonchev–Trinajstić information content (AvgIpc) is 2.95. The molecule has 0 saturated heterocycles. The number of anilines is 1. The molecule has 0 unspecified atom stereocenters. The molecule has 0 radical (unpaired) electrons. The van der Waals surface area contributed by atoms with Crippen LogP contribution in [0, 0.1) is 0 Å². The molecule has 2 rings (SSSR count). The minimum absolute atomic E-state index is 0.0430. The smallest absolute Gasteiger partial charge is 0.257 e. The summed E-state index contributed by atoms with van der Waals surface area (Å²) in [6.07, 6.45) is 3.41. The van der Waals surface area contributed by atoms with Crippen LogP contribution in [0.15, 0.2) is 17.4 Å². The van der Waals surface area contributed by atoms with Crippen molar-refractivity contribution in [3.8, 4) is 0 Å². The predicted molar refractivity (Wildman–Crippen MR) is 65.0 cm³/mol. The molecule has 0 aliphatic rings. The molecule has 8 nitrogen and oxygen atoms in total. The molecule has 2 aromatic rings. The maximum Gasteiger partial charge on any atom is 0.257 e. The summed E-state index contributed by atoms with van der Waals surface area (Å²) in [5.74, 6) is 0.967. The van der Waals surface area contributed by atoms with E-state index >= 15 is 0 Å². The summed E-state index contributed by atoms with van der Waals surface area (Å²) in [6, 6.07) is 0. The van der Waals surface area contributed by atoms with Gasteiger partial charge in [0.25, 0.3) is 10.0 Å². The number of nitrogens with zero attached hydrogens (tertiary/aromatic N) is 2. The number of hydrogen-bond donors (Lipinski definition) is 4. The number of nitrogens with one attached hydrogen (secondary N) is 3. The molecule has 0 fully saturated rings. The number of nitrogen functional groups attached to an aromatic ring is 1. The zero-order chi connectivity index (χ0) is 13.2. The molecular formula is C9H14N6O2S. The third kappa shape index (κ3) is 2.51. The Morgan fingerprint density at radius 2 is 2.22 bits per heavy atom. The van der Waals surface area contributed by atoms with Crippen LogP contribution in [0.2, 0.25) is 0 Å². The zero-order valence-corrected chi connectivity index (χ0v) is 10.6. The molecule has 5 N–H and O–H groups in total. The van der Waals surface area contributed by atoms with Crippen molar-refractivity contribution in [3.05, 3.63) is 23.8 Å². The van der Waals surface area contributed by atoms with Crippen LogP contribution in [0.5, 0.6) is 0 Å². The average molecular weight is 270 g/mol. The number of aryl methyl sites for hydroxylation is 1. The molecule has 98 valence electrons. The lowest BCUT2D eigenvalue weighted by Crippen LogP contribution is -2.23. The van der Waals surface area contributed by atoms with Crippen molar-refractivity contribution in [2.24, 2.45) is 0 Å². The van der Waals surface area contributed by atoms with E-state index in [1.54, 1.807) is 0 Å². The minimum Gasteiger partial charge on any atom is -0.384 e. The van der Waals surface area contributed by atoms with Gasteiger partial charge in [-0.3, -0.25) is 5.10 Å². The van der Waals surface area contributed by atoms with Gasteiger partial charge in [0.15, 0.2) is 5.03 Å². The molecule has 0 atom stereocenters. The second-order valence-electron chi connectivity index (χ2n) is 3.68. The van der Waals surface area contributed by atoms with Crippen molar-refractivity contribution in [2.75, 3.05) is 5.73 Å². The zero-order valence-electron chi connectivity index (χ0n) is 9.77. The molecule has 2 heterocycles.